The van der Waals surface area contributed by atoms with Gasteiger partial charge in [-0.3, -0.25) is 0 Å². The van der Waals surface area contributed by atoms with E-state index in [2.05, 4.69) is 4.98 Å². The lowest BCUT2D eigenvalue weighted by Gasteiger charge is -2.34. The van der Waals surface area contributed by atoms with Crippen molar-refractivity contribution < 1.29 is 9.52 Å². The molecule has 0 spiro atoms. The molecule has 0 saturated carbocycles. The first kappa shape index (κ1) is 7.61. The van der Waals surface area contributed by atoms with Gasteiger partial charge < -0.3 is 14.4 Å². The normalized spacial score (nSPS) is 18.0. The average Bonchev–Trinajstić information content (AvgIpc) is 2.46. The van der Waals surface area contributed by atoms with Crippen LogP contribution in [0.4, 0.5) is 6.01 Å². The van der Waals surface area contributed by atoms with Crippen molar-refractivity contribution in [2.45, 2.75) is 19.4 Å². The number of β-amino-alcohol motifs (C(OH)–C–C–N with tert-alkyl or cyclic N) is 1. The molecule has 1 N–H and O–H groups in total. The summed E-state index contributed by atoms with van der Waals surface area (Å²) >= 11 is 0. The number of aryl methyl sites for hydroxylation is 1. The van der Waals surface area contributed by atoms with Crippen LogP contribution in [0, 0.1) is 0 Å². The third-order valence-corrected chi connectivity index (χ3v) is 2.03. The molecule has 0 atom stereocenters. The molecule has 1 aliphatic heterocycles. The second kappa shape index (κ2) is 2.79. The number of anilines is 1. The van der Waals surface area contributed by atoms with Crippen molar-refractivity contribution in [3.63, 3.8) is 0 Å². The molecule has 2 heterocycles. The van der Waals surface area contributed by atoms with Crippen LogP contribution in [0.1, 0.15) is 12.6 Å². The number of hydrogen-bond acceptors (Lipinski definition) is 4. The maximum atomic E-state index is 9.03. The van der Waals surface area contributed by atoms with Gasteiger partial charge in [-0.05, 0) is 6.42 Å². The van der Waals surface area contributed by atoms with Crippen molar-refractivity contribution in [3.8, 4) is 0 Å². The molecule has 1 saturated heterocycles. The Kier molecular flexibility index (Phi) is 1.77. The van der Waals surface area contributed by atoms with Gasteiger partial charge in [0.2, 0.25) is 0 Å². The summed E-state index contributed by atoms with van der Waals surface area (Å²) in [7, 11) is 0. The predicted molar refractivity (Wildman–Crippen MR) is 44.1 cm³/mol. The Labute approximate surface area is 70.8 Å². The van der Waals surface area contributed by atoms with Gasteiger partial charge in [0.05, 0.1) is 24.9 Å². The lowest BCUT2D eigenvalue weighted by atomic mass is 10.2. The number of aliphatic hydroxyl groups is 1. The molecule has 1 aliphatic rings. The van der Waals surface area contributed by atoms with E-state index in [9.17, 15) is 0 Å². The van der Waals surface area contributed by atoms with Crippen LogP contribution in [0.25, 0.3) is 0 Å². The zero-order valence-electron chi connectivity index (χ0n) is 7.03. The Morgan fingerprint density at radius 1 is 1.75 bits per heavy atom. The summed E-state index contributed by atoms with van der Waals surface area (Å²) in [5, 5.41) is 9.03. The summed E-state index contributed by atoms with van der Waals surface area (Å²) in [6.07, 6.45) is 2.35. The van der Waals surface area contributed by atoms with E-state index in [1.54, 1.807) is 6.26 Å². The van der Waals surface area contributed by atoms with E-state index in [1.165, 1.54) is 0 Å². The van der Waals surface area contributed by atoms with E-state index in [0.29, 0.717) is 19.1 Å². The zero-order valence-corrected chi connectivity index (χ0v) is 7.03. The predicted octanol–water partition coefficient (Wildman–Crippen LogP) is 0.418. The molecule has 1 aromatic rings. The molecule has 0 amide bonds. The number of aromatic nitrogens is 1. The average molecular weight is 168 g/mol. The molecule has 4 heteroatoms. The summed E-state index contributed by atoms with van der Waals surface area (Å²) in [5.41, 5.74) is 0.964. The third kappa shape index (κ3) is 1.18. The van der Waals surface area contributed by atoms with Crippen molar-refractivity contribution in [1.82, 2.24) is 4.98 Å². The molecule has 2 rings (SSSR count). The maximum Gasteiger partial charge on any atom is 0.297 e. The standard InChI is InChI=1S/C8H12N2O2/c1-2-6-5-12-8(9-6)10-3-7(11)4-10/h5,7,11H,2-4H2,1H3. The summed E-state index contributed by atoms with van der Waals surface area (Å²) in [6, 6.07) is 0.636. The summed E-state index contributed by atoms with van der Waals surface area (Å²) in [4.78, 5) is 6.15. The minimum Gasteiger partial charge on any atom is -0.432 e. The van der Waals surface area contributed by atoms with Gasteiger partial charge in [0, 0.05) is 0 Å². The monoisotopic (exact) mass is 168 g/mol. The topological polar surface area (TPSA) is 49.5 Å². The molecule has 0 aliphatic carbocycles. The van der Waals surface area contributed by atoms with E-state index in [-0.39, 0.29) is 6.10 Å². The number of aliphatic hydroxyl groups excluding tert-OH is 1. The Morgan fingerprint density at radius 3 is 3.00 bits per heavy atom. The van der Waals surface area contributed by atoms with E-state index >= 15 is 0 Å². The third-order valence-electron chi connectivity index (χ3n) is 2.03. The SMILES string of the molecule is CCc1coc(N2CC(O)C2)n1. The second-order valence-corrected chi connectivity index (χ2v) is 3.03. The number of rotatable bonds is 2. The lowest BCUT2D eigenvalue weighted by molar-refractivity contribution is 0.137. The molecule has 4 nitrogen and oxygen atoms in total. The van der Waals surface area contributed by atoms with Gasteiger partial charge in [0.25, 0.3) is 6.01 Å². The van der Waals surface area contributed by atoms with Gasteiger partial charge in [-0.25, -0.2) is 0 Å². The van der Waals surface area contributed by atoms with Gasteiger partial charge in [-0.1, -0.05) is 6.92 Å². The van der Waals surface area contributed by atoms with Crippen LogP contribution in [0.3, 0.4) is 0 Å². The largest absolute Gasteiger partial charge is 0.432 e. The zero-order chi connectivity index (χ0) is 8.55. The summed E-state index contributed by atoms with van der Waals surface area (Å²) < 4.78 is 5.21. The minimum atomic E-state index is -0.207. The van der Waals surface area contributed by atoms with Crippen molar-refractivity contribution >= 4 is 6.01 Å². The summed E-state index contributed by atoms with van der Waals surface area (Å²) in [5.74, 6) is 0. The smallest absolute Gasteiger partial charge is 0.297 e. The van der Waals surface area contributed by atoms with Crippen LogP contribution in [-0.4, -0.2) is 29.3 Å². The highest BCUT2D eigenvalue weighted by Crippen LogP contribution is 2.19. The molecule has 0 unspecified atom stereocenters. The van der Waals surface area contributed by atoms with Crippen LogP contribution >= 0.6 is 0 Å². The van der Waals surface area contributed by atoms with Gasteiger partial charge in [0.15, 0.2) is 0 Å². The Morgan fingerprint density at radius 2 is 2.50 bits per heavy atom. The molecule has 1 aromatic heterocycles. The van der Waals surface area contributed by atoms with Gasteiger partial charge >= 0.3 is 0 Å². The molecule has 1 fully saturated rings. The fourth-order valence-electron chi connectivity index (χ4n) is 1.22. The Bertz CT molecular complexity index is 266. The maximum absolute atomic E-state index is 9.03. The minimum absolute atomic E-state index is 0.207. The lowest BCUT2D eigenvalue weighted by Crippen LogP contribution is -2.51. The van der Waals surface area contributed by atoms with Crippen LogP contribution in [0.5, 0.6) is 0 Å². The first-order valence-corrected chi connectivity index (χ1v) is 4.17. The molecule has 0 radical (unpaired) electrons. The number of nitrogens with zero attached hydrogens (tertiary/aromatic N) is 2. The van der Waals surface area contributed by atoms with Crippen LogP contribution in [-0.2, 0) is 6.42 Å². The fourth-order valence-corrected chi connectivity index (χ4v) is 1.22. The summed E-state index contributed by atoms with van der Waals surface area (Å²) in [6.45, 7) is 3.32. The molecule has 0 aromatic carbocycles. The van der Waals surface area contributed by atoms with E-state index < -0.39 is 0 Å². The number of oxazole rings is 1. The molecule has 0 bridgehead atoms. The molecular formula is C8H12N2O2. The van der Waals surface area contributed by atoms with E-state index in [4.69, 9.17) is 9.52 Å². The first-order chi connectivity index (χ1) is 5.79. The van der Waals surface area contributed by atoms with E-state index in [1.807, 2.05) is 11.8 Å². The highest BCUT2D eigenvalue weighted by Gasteiger charge is 2.27. The van der Waals surface area contributed by atoms with Crippen molar-refractivity contribution in [3.05, 3.63) is 12.0 Å². The van der Waals surface area contributed by atoms with Crippen molar-refractivity contribution in [1.29, 1.82) is 0 Å². The van der Waals surface area contributed by atoms with Gasteiger partial charge in [-0.15, -0.1) is 0 Å². The van der Waals surface area contributed by atoms with Gasteiger partial charge in [0.1, 0.15) is 6.26 Å². The van der Waals surface area contributed by atoms with Gasteiger partial charge in [-0.2, -0.15) is 4.98 Å². The Balaban J connectivity index is 2.04. The molecule has 66 valence electrons. The highest BCUT2D eigenvalue weighted by atomic mass is 16.4. The quantitative estimate of drug-likeness (QED) is 0.695. The Hall–Kier alpha value is -1.03. The first-order valence-electron chi connectivity index (χ1n) is 4.17. The molecular weight excluding hydrogens is 156 g/mol. The van der Waals surface area contributed by atoms with Crippen molar-refractivity contribution in [2.24, 2.45) is 0 Å². The molecule has 12 heavy (non-hydrogen) atoms. The number of hydrogen-bond donors (Lipinski definition) is 1. The highest BCUT2D eigenvalue weighted by molar-refractivity contribution is 5.32. The van der Waals surface area contributed by atoms with E-state index in [0.717, 1.165) is 12.1 Å². The van der Waals surface area contributed by atoms with Crippen LogP contribution in [0.15, 0.2) is 10.7 Å². The van der Waals surface area contributed by atoms with Crippen LogP contribution < -0.4 is 4.90 Å². The second-order valence-electron chi connectivity index (χ2n) is 3.03. The van der Waals surface area contributed by atoms with Crippen molar-refractivity contribution in [2.75, 3.05) is 18.0 Å². The fraction of sp³-hybridized carbons (Fsp3) is 0.625. The van der Waals surface area contributed by atoms with Crippen LogP contribution in [0.2, 0.25) is 0 Å².